The Balaban J connectivity index is 2.06. The number of rotatable bonds is 6. The Bertz CT molecular complexity index is 643. The molecule has 6 heteroatoms. The average Bonchev–Trinajstić information content (AvgIpc) is 2.96. The van der Waals surface area contributed by atoms with Crippen LogP contribution in [0.3, 0.4) is 0 Å². The number of hydrogen-bond donors (Lipinski definition) is 1. The second-order valence-corrected chi connectivity index (χ2v) is 5.53. The minimum atomic E-state index is -0.404. The van der Waals surface area contributed by atoms with E-state index < -0.39 is 5.82 Å². The SMILES string of the molecule is CCN(CC)c1ncc(CNc2ccc(F)cc2C#N)s1. The van der Waals surface area contributed by atoms with Crippen LogP contribution in [0.25, 0.3) is 0 Å². The molecule has 0 spiro atoms. The van der Waals surface area contributed by atoms with E-state index >= 15 is 0 Å². The fourth-order valence-electron chi connectivity index (χ4n) is 1.96. The summed E-state index contributed by atoms with van der Waals surface area (Å²) in [5, 5.41) is 13.2. The van der Waals surface area contributed by atoms with Crippen LogP contribution >= 0.6 is 11.3 Å². The van der Waals surface area contributed by atoms with Crippen LogP contribution in [0.5, 0.6) is 0 Å². The predicted molar refractivity (Wildman–Crippen MR) is 84.1 cm³/mol. The fraction of sp³-hybridized carbons (Fsp3) is 0.333. The molecule has 2 rings (SSSR count). The van der Waals surface area contributed by atoms with Gasteiger partial charge in [0.25, 0.3) is 0 Å². The van der Waals surface area contributed by atoms with Crippen molar-refractivity contribution in [1.82, 2.24) is 4.98 Å². The van der Waals surface area contributed by atoms with Gasteiger partial charge in [0.15, 0.2) is 5.13 Å². The van der Waals surface area contributed by atoms with Gasteiger partial charge in [0.1, 0.15) is 11.9 Å². The van der Waals surface area contributed by atoms with Gasteiger partial charge >= 0.3 is 0 Å². The summed E-state index contributed by atoms with van der Waals surface area (Å²) in [6.45, 7) is 6.61. The molecule has 4 nitrogen and oxygen atoms in total. The van der Waals surface area contributed by atoms with Crippen molar-refractivity contribution in [1.29, 1.82) is 5.26 Å². The summed E-state index contributed by atoms with van der Waals surface area (Å²) < 4.78 is 13.1. The highest BCUT2D eigenvalue weighted by Gasteiger charge is 2.08. The molecule has 1 aromatic heterocycles. The molecule has 0 aliphatic carbocycles. The average molecular weight is 304 g/mol. The van der Waals surface area contributed by atoms with Crippen LogP contribution in [0.2, 0.25) is 0 Å². The molecule has 0 saturated carbocycles. The second kappa shape index (κ2) is 7.04. The van der Waals surface area contributed by atoms with Gasteiger partial charge in [-0.15, -0.1) is 11.3 Å². The number of benzene rings is 1. The number of halogens is 1. The van der Waals surface area contributed by atoms with Crippen LogP contribution in [0, 0.1) is 17.1 Å². The normalized spacial score (nSPS) is 10.2. The molecule has 1 heterocycles. The van der Waals surface area contributed by atoms with Gasteiger partial charge in [-0.3, -0.25) is 0 Å². The second-order valence-electron chi connectivity index (χ2n) is 4.44. The van der Waals surface area contributed by atoms with Crippen molar-refractivity contribution in [2.45, 2.75) is 20.4 Å². The van der Waals surface area contributed by atoms with Gasteiger partial charge in [-0.1, -0.05) is 0 Å². The van der Waals surface area contributed by atoms with E-state index in [0.717, 1.165) is 23.1 Å². The molecule has 0 atom stereocenters. The third-order valence-electron chi connectivity index (χ3n) is 3.13. The molecule has 0 radical (unpaired) electrons. The molecule has 0 bridgehead atoms. The van der Waals surface area contributed by atoms with Gasteiger partial charge in [-0.25, -0.2) is 9.37 Å². The van der Waals surface area contributed by atoms with Crippen molar-refractivity contribution in [2.24, 2.45) is 0 Å². The minimum absolute atomic E-state index is 0.309. The zero-order valence-corrected chi connectivity index (χ0v) is 12.9. The predicted octanol–water partition coefficient (Wildman–Crippen LogP) is 3.61. The summed E-state index contributed by atoms with van der Waals surface area (Å²) in [4.78, 5) is 7.67. The number of aromatic nitrogens is 1. The maximum Gasteiger partial charge on any atom is 0.185 e. The van der Waals surface area contributed by atoms with E-state index in [1.54, 1.807) is 17.4 Å². The van der Waals surface area contributed by atoms with Crippen molar-refractivity contribution in [3.63, 3.8) is 0 Å². The number of thiazole rings is 1. The first-order valence-electron chi connectivity index (χ1n) is 6.81. The molecule has 2 aromatic rings. The van der Waals surface area contributed by atoms with E-state index in [1.807, 2.05) is 12.3 Å². The molecule has 1 aromatic carbocycles. The first-order chi connectivity index (χ1) is 10.2. The summed E-state index contributed by atoms with van der Waals surface area (Å²) in [5.74, 6) is -0.404. The molecule has 0 fully saturated rings. The number of anilines is 2. The zero-order valence-electron chi connectivity index (χ0n) is 12.1. The first-order valence-corrected chi connectivity index (χ1v) is 7.62. The Labute approximate surface area is 127 Å². The number of nitriles is 1. The van der Waals surface area contributed by atoms with Gasteiger partial charge in [-0.2, -0.15) is 5.26 Å². The highest BCUT2D eigenvalue weighted by Crippen LogP contribution is 2.24. The van der Waals surface area contributed by atoms with Crippen molar-refractivity contribution in [3.8, 4) is 6.07 Å². The lowest BCUT2D eigenvalue weighted by Gasteiger charge is -2.16. The van der Waals surface area contributed by atoms with Crippen molar-refractivity contribution >= 4 is 22.2 Å². The van der Waals surface area contributed by atoms with E-state index in [2.05, 4.69) is 29.0 Å². The van der Waals surface area contributed by atoms with Crippen LogP contribution in [0.15, 0.2) is 24.4 Å². The summed E-state index contributed by atoms with van der Waals surface area (Å²) in [6, 6.07) is 6.15. The molecular formula is C15H17FN4S. The van der Waals surface area contributed by atoms with Crippen LogP contribution < -0.4 is 10.2 Å². The highest BCUT2D eigenvalue weighted by molar-refractivity contribution is 7.15. The first kappa shape index (κ1) is 15.3. The molecular weight excluding hydrogens is 287 g/mol. The largest absolute Gasteiger partial charge is 0.379 e. The third-order valence-corrected chi connectivity index (χ3v) is 4.19. The Morgan fingerprint density at radius 3 is 2.81 bits per heavy atom. The smallest absolute Gasteiger partial charge is 0.185 e. The Morgan fingerprint density at radius 2 is 2.14 bits per heavy atom. The summed E-state index contributed by atoms with van der Waals surface area (Å²) >= 11 is 1.62. The van der Waals surface area contributed by atoms with Gasteiger partial charge in [0.2, 0.25) is 0 Å². The summed E-state index contributed by atoms with van der Waals surface area (Å²) in [5.41, 5.74) is 0.945. The van der Waals surface area contributed by atoms with Crippen LogP contribution in [0.1, 0.15) is 24.3 Å². The number of hydrogen-bond acceptors (Lipinski definition) is 5. The van der Waals surface area contributed by atoms with E-state index in [0.29, 0.717) is 17.8 Å². The molecule has 110 valence electrons. The van der Waals surface area contributed by atoms with E-state index in [1.165, 1.54) is 12.1 Å². The van der Waals surface area contributed by atoms with Crippen LogP contribution in [-0.4, -0.2) is 18.1 Å². The molecule has 0 amide bonds. The number of nitrogens with one attached hydrogen (secondary N) is 1. The van der Waals surface area contributed by atoms with Gasteiger partial charge in [0.05, 0.1) is 17.8 Å². The molecule has 0 aliphatic rings. The Morgan fingerprint density at radius 1 is 1.38 bits per heavy atom. The maximum absolute atomic E-state index is 13.1. The van der Waals surface area contributed by atoms with E-state index in [9.17, 15) is 4.39 Å². The van der Waals surface area contributed by atoms with Gasteiger partial charge < -0.3 is 10.2 Å². The lowest BCUT2D eigenvalue weighted by molar-refractivity contribution is 0.627. The third kappa shape index (κ3) is 3.70. The number of nitrogens with zero attached hydrogens (tertiary/aromatic N) is 3. The fourth-order valence-corrected chi connectivity index (χ4v) is 2.94. The van der Waals surface area contributed by atoms with Crippen LogP contribution in [-0.2, 0) is 6.54 Å². The standard InChI is InChI=1S/C15H17FN4S/c1-3-20(4-2)15-19-10-13(21-15)9-18-14-6-5-12(16)7-11(14)8-17/h5-7,10,18H,3-4,9H2,1-2H3. The topological polar surface area (TPSA) is 52.0 Å². The summed E-state index contributed by atoms with van der Waals surface area (Å²) in [6.07, 6.45) is 1.83. The molecule has 0 saturated heterocycles. The van der Waals surface area contributed by atoms with Crippen molar-refractivity contribution in [3.05, 3.63) is 40.7 Å². The molecule has 1 N–H and O–H groups in total. The highest BCUT2D eigenvalue weighted by atomic mass is 32.1. The minimum Gasteiger partial charge on any atom is -0.379 e. The summed E-state index contributed by atoms with van der Waals surface area (Å²) in [7, 11) is 0. The zero-order chi connectivity index (χ0) is 15.2. The molecule has 21 heavy (non-hydrogen) atoms. The quantitative estimate of drug-likeness (QED) is 0.885. The Hall–Kier alpha value is -2.13. The lowest BCUT2D eigenvalue weighted by atomic mass is 10.2. The maximum atomic E-state index is 13.1. The molecule has 0 unspecified atom stereocenters. The Kier molecular flexibility index (Phi) is 5.12. The van der Waals surface area contributed by atoms with Crippen molar-refractivity contribution in [2.75, 3.05) is 23.3 Å². The molecule has 0 aliphatic heterocycles. The van der Waals surface area contributed by atoms with Crippen LogP contribution in [0.4, 0.5) is 15.2 Å². The van der Waals surface area contributed by atoms with E-state index in [4.69, 9.17) is 5.26 Å². The van der Waals surface area contributed by atoms with Gasteiger partial charge in [0, 0.05) is 24.2 Å². The van der Waals surface area contributed by atoms with Crippen molar-refractivity contribution < 1.29 is 4.39 Å². The monoisotopic (exact) mass is 304 g/mol. The lowest BCUT2D eigenvalue weighted by Crippen LogP contribution is -2.21. The van der Waals surface area contributed by atoms with E-state index in [-0.39, 0.29) is 0 Å². The van der Waals surface area contributed by atoms with Gasteiger partial charge in [-0.05, 0) is 32.0 Å².